The zero-order chi connectivity index (χ0) is 40.3. The summed E-state index contributed by atoms with van der Waals surface area (Å²) in [5, 5.41) is 1.47. The van der Waals surface area contributed by atoms with Crippen LogP contribution in [0.5, 0.6) is 0 Å². The van der Waals surface area contributed by atoms with Crippen molar-refractivity contribution >= 4 is 40.5 Å². The smallest absolute Gasteiger partial charge is 0.306 e. The summed E-state index contributed by atoms with van der Waals surface area (Å²) in [6.45, 7) is 15.7. The van der Waals surface area contributed by atoms with E-state index in [0.29, 0.717) is 19.6 Å². The minimum atomic E-state index is -0.106. The third-order valence-electron chi connectivity index (χ3n) is 9.90. The van der Waals surface area contributed by atoms with Crippen molar-refractivity contribution in [2.24, 2.45) is 10.8 Å². The zero-order valence-electron chi connectivity index (χ0n) is 36.8. The number of hydrogen-bond acceptors (Lipinski definition) is 7. The summed E-state index contributed by atoms with van der Waals surface area (Å²) < 4.78 is 17.7. The fourth-order valence-corrected chi connectivity index (χ4v) is 8.09. The van der Waals surface area contributed by atoms with Crippen LogP contribution in [0.2, 0.25) is 0 Å². The molecule has 54 heavy (non-hydrogen) atoms. The van der Waals surface area contributed by atoms with Gasteiger partial charge >= 0.3 is 5.97 Å². The summed E-state index contributed by atoms with van der Waals surface area (Å²) >= 11 is 10.9. The third-order valence-corrected chi connectivity index (χ3v) is 10.5. The van der Waals surface area contributed by atoms with Crippen molar-refractivity contribution in [2.45, 2.75) is 215 Å². The van der Waals surface area contributed by atoms with Crippen LogP contribution in [0.1, 0.15) is 208 Å². The molecular formula is C47H87NO4S2. The lowest BCUT2D eigenvalue weighted by molar-refractivity contribution is -0.152. The monoisotopic (exact) mass is 794 g/mol. The minimum Gasteiger partial charge on any atom is -0.483 e. The molecule has 0 fully saturated rings. The number of ether oxygens (including phenoxy) is 3. The molecule has 0 radical (unpaired) electrons. The number of unbranched alkanes of at least 4 members (excludes halogenated alkanes) is 16. The average molecular weight is 794 g/mol. The van der Waals surface area contributed by atoms with E-state index in [1.54, 1.807) is 0 Å². The minimum absolute atomic E-state index is 0.00411. The van der Waals surface area contributed by atoms with E-state index in [1.807, 2.05) is 0 Å². The Hall–Kier alpha value is -1.31. The number of carbonyl (C=O) groups excluding carboxylic acids is 1. The van der Waals surface area contributed by atoms with Gasteiger partial charge in [-0.1, -0.05) is 143 Å². The van der Waals surface area contributed by atoms with Crippen molar-refractivity contribution in [2.75, 3.05) is 33.9 Å². The van der Waals surface area contributed by atoms with E-state index >= 15 is 0 Å². The molecule has 0 atom stereocenters. The van der Waals surface area contributed by atoms with Crippen LogP contribution in [0, 0.1) is 10.8 Å². The van der Waals surface area contributed by atoms with Crippen molar-refractivity contribution < 1.29 is 19.0 Å². The third kappa shape index (κ3) is 36.3. The number of nitrogens with zero attached hydrogens (tertiary/aromatic N) is 1. The van der Waals surface area contributed by atoms with Gasteiger partial charge < -0.3 is 19.1 Å². The molecule has 0 N–H and O–H groups in total. The maximum absolute atomic E-state index is 13.3. The second kappa shape index (κ2) is 34.9. The largest absolute Gasteiger partial charge is 0.483 e. The maximum atomic E-state index is 13.3. The Morgan fingerprint density at radius 3 is 1.46 bits per heavy atom. The van der Waals surface area contributed by atoms with Crippen LogP contribution in [-0.2, 0) is 19.0 Å². The Kier molecular flexibility index (Phi) is 34.1. The number of thiocarbonyl (C=S) groups is 2. The van der Waals surface area contributed by atoms with Gasteiger partial charge in [0, 0.05) is 19.4 Å². The highest BCUT2D eigenvalue weighted by Gasteiger charge is 2.32. The van der Waals surface area contributed by atoms with Crippen molar-refractivity contribution in [3.8, 4) is 0 Å². The van der Waals surface area contributed by atoms with Crippen LogP contribution >= 0.6 is 24.4 Å². The van der Waals surface area contributed by atoms with Gasteiger partial charge in [0.2, 0.25) is 0 Å². The Labute approximate surface area is 346 Å². The van der Waals surface area contributed by atoms with Crippen LogP contribution in [0.25, 0.3) is 0 Å². The molecule has 0 aliphatic carbocycles. The molecular weight excluding hydrogens is 707 g/mol. The Morgan fingerprint density at radius 2 is 1.02 bits per heavy atom. The van der Waals surface area contributed by atoms with E-state index in [9.17, 15) is 4.79 Å². The first-order valence-corrected chi connectivity index (χ1v) is 23.1. The summed E-state index contributed by atoms with van der Waals surface area (Å²) in [7, 11) is 4.24. The van der Waals surface area contributed by atoms with Crippen LogP contribution in [0.4, 0.5) is 0 Å². The number of carbonyl (C=O) groups is 1. The van der Waals surface area contributed by atoms with Gasteiger partial charge in [0.15, 0.2) is 10.1 Å². The molecule has 7 heteroatoms. The van der Waals surface area contributed by atoms with E-state index in [1.165, 1.54) is 64.2 Å². The number of hydrogen-bond donors (Lipinski definition) is 0. The molecule has 0 spiro atoms. The molecule has 0 aliphatic rings. The zero-order valence-corrected chi connectivity index (χ0v) is 38.4. The van der Waals surface area contributed by atoms with E-state index in [0.717, 1.165) is 113 Å². The predicted octanol–water partition coefficient (Wildman–Crippen LogP) is 14.5. The Bertz CT molecular complexity index is 938. The second-order valence-corrected chi connectivity index (χ2v) is 18.6. The number of rotatable bonds is 37. The molecule has 0 rings (SSSR count). The van der Waals surface area contributed by atoms with Crippen molar-refractivity contribution in [3.63, 3.8) is 0 Å². The summed E-state index contributed by atoms with van der Waals surface area (Å²) in [6, 6.07) is 0. The summed E-state index contributed by atoms with van der Waals surface area (Å²) in [5.74, 6) is -0.0367. The normalized spacial score (nSPS) is 12.9. The molecule has 0 amide bonds. The lowest BCUT2D eigenvalue weighted by atomic mass is 9.73. The van der Waals surface area contributed by atoms with Gasteiger partial charge in [0.1, 0.15) is 19.3 Å². The first-order chi connectivity index (χ1) is 25.8. The molecule has 316 valence electrons. The summed E-state index contributed by atoms with van der Waals surface area (Å²) in [5.41, 5.74) is 0.0262. The Morgan fingerprint density at radius 1 is 0.593 bits per heavy atom. The number of allylic oxidation sites excluding steroid dienone is 2. The van der Waals surface area contributed by atoms with E-state index in [4.69, 9.17) is 38.6 Å². The molecule has 0 saturated carbocycles. The molecule has 0 aromatic carbocycles. The molecule has 5 nitrogen and oxygen atoms in total. The van der Waals surface area contributed by atoms with Gasteiger partial charge in [-0.15, -0.1) is 0 Å². The van der Waals surface area contributed by atoms with Gasteiger partial charge in [-0.25, -0.2) is 0 Å². The topological polar surface area (TPSA) is 48.0 Å². The highest BCUT2D eigenvalue weighted by Crippen LogP contribution is 2.37. The van der Waals surface area contributed by atoms with Crippen molar-refractivity contribution in [1.82, 2.24) is 4.90 Å². The fraction of sp³-hybridized carbons (Fsp3) is 0.851. The van der Waals surface area contributed by atoms with Gasteiger partial charge in [0.25, 0.3) is 0 Å². The standard InChI is InChI=1S/C47H87NO4S2/c1-9-11-13-15-17-25-31-37-50-44(53)35-29-23-19-21-27-33-42(52-43(49)39-46(3,4)40-47(5,6)41-48(7)8)34-28-22-20-24-30-36-45(54)51-38-32-26-18-16-14-12-10-2/h25-26,31-32,42H,9-24,27-30,33-41H2,1-8H3. The molecule has 0 aromatic heterocycles. The van der Waals surface area contributed by atoms with E-state index < -0.39 is 0 Å². The lowest BCUT2D eigenvalue weighted by Gasteiger charge is -2.36. The van der Waals surface area contributed by atoms with Crippen molar-refractivity contribution in [3.05, 3.63) is 24.3 Å². The fourth-order valence-electron chi connectivity index (χ4n) is 7.67. The quantitative estimate of drug-likeness (QED) is 0.0269. The van der Waals surface area contributed by atoms with Gasteiger partial charge in [-0.05, 0) is 120 Å². The van der Waals surface area contributed by atoms with Crippen LogP contribution in [0.3, 0.4) is 0 Å². The van der Waals surface area contributed by atoms with Crippen LogP contribution in [0.15, 0.2) is 24.3 Å². The first-order valence-electron chi connectivity index (χ1n) is 22.3. The molecule has 0 saturated heterocycles. The molecule has 0 unspecified atom stereocenters. The van der Waals surface area contributed by atoms with Gasteiger partial charge in [-0.2, -0.15) is 0 Å². The van der Waals surface area contributed by atoms with E-state index in [-0.39, 0.29) is 22.9 Å². The summed E-state index contributed by atoms with van der Waals surface area (Å²) in [6.07, 6.45) is 37.6. The lowest BCUT2D eigenvalue weighted by Crippen LogP contribution is -2.34. The molecule has 0 heterocycles. The van der Waals surface area contributed by atoms with Crippen molar-refractivity contribution in [1.29, 1.82) is 0 Å². The molecule has 0 aromatic rings. The highest BCUT2D eigenvalue weighted by atomic mass is 32.1. The predicted molar refractivity (Wildman–Crippen MR) is 243 cm³/mol. The number of esters is 1. The second-order valence-electron chi connectivity index (χ2n) is 17.7. The maximum Gasteiger partial charge on any atom is 0.306 e. The average Bonchev–Trinajstić information content (AvgIpc) is 3.08. The SMILES string of the molecule is CCCCCCC=CCOC(=S)CCCCCCCC(CCCCCCCC(=S)OCC=CCCCCCC)OC(=O)CC(C)(C)CC(C)(C)CN(C)C. The van der Waals surface area contributed by atoms with Gasteiger partial charge in [-0.3, -0.25) is 4.79 Å². The molecule has 0 bridgehead atoms. The summed E-state index contributed by atoms with van der Waals surface area (Å²) in [4.78, 5) is 15.5. The van der Waals surface area contributed by atoms with Gasteiger partial charge in [0.05, 0.1) is 6.42 Å². The first kappa shape index (κ1) is 52.7. The molecule has 0 aliphatic heterocycles. The van der Waals surface area contributed by atoms with E-state index in [2.05, 4.69) is 84.8 Å². The van der Waals surface area contributed by atoms with Crippen LogP contribution in [-0.4, -0.2) is 60.9 Å². The Balaban J connectivity index is 4.57. The highest BCUT2D eigenvalue weighted by molar-refractivity contribution is 7.80. The van der Waals surface area contributed by atoms with Crippen LogP contribution < -0.4 is 0 Å².